The van der Waals surface area contributed by atoms with Crippen molar-refractivity contribution in [1.29, 1.82) is 0 Å². The molecule has 3 aromatic rings. The van der Waals surface area contributed by atoms with Gasteiger partial charge in [0.25, 0.3) is 0 Å². The van der Waals surface area contributed by atoms with Gasteiger partial charge in [-0.25, -0.2) is 0 Å². The Morgan fingerprint density at radius 2 is 1.75 bits per heavy atom. The third-order valence-corrected chi connectivity index (χ3v) is 4.14. The molecule has 24 heavy (non-hydrogen) atoms. The molecule has 0 aliphatic heterocycles. The van der Waals surface area contributed by atoms with E-state index in [1.807, 2.05) is 54.6 Å². The van der Waals surface area contributed by atoms with Crippen LogP contribution in [-0.2, 0) is 17.8 Å². The van der Waals surface area contributed by atoms with Gasteiger partial charge in [-0.2, -0.15) is 0 Å². The lowest BCUT2D eigenvalue weighted by atomic mass is 10.1. The molecule has 3 rings (SSSR count). The van der Waals surface area contributed by atoms with Crippen LogP contribution < -0.4 is 5.56 Å². The highest BCUT2D eigenvalue weighted by molar-refractivity contribution is 5.82. The van der Waals surface area contributed by atoms with E-state index in [1.54, 1.807) is 18.0 Å². The number of nitrogens with zero attached hydrogens (tertiary/aromatic N) is 1. The maximum absolute atomic E-state index is 12.4. The van der Waals surface area contributed by atoms with Crippen LogP contribution in [-0.4, -0.2) is 22.8 Å². The lowest BCUT2D eigenvalue weighted by molar-refractivity contribution is -0.130. The second-order valence-corrected chi connectivity index (χ2v) is 5.94. The number of aromatic amines is 1. The number of fused-ring (bicyclic) bond motifs is 1. The summed E-state index contributed by atoms with van der Waals surface area (Å²) in [4.78, 5) is 28.7. The zero-order valence-electron chi connectivity index (χ0n) is 13.7. The molecule has 0 saturated carbocycles. The molecule has 0 radical (unpaired) electrons. The summed E-state index contributed by atoms with van der Waals surface area (Å²) in [7, 11) is 1.78. The van der Waals surface area contributed by atoms with Gasteiger partial charge in [-0.1, -0.05) is 48.5 Å². The number of H-pyrrole nitrogens is 1. The average Bonchev–Trinajstić information content (AvgIpc) is 2.60. The van der Waals surface area contributed by atoms with Crippen LogP contribution in [0.3, 0.4) is 0 Å². The molecule has 0 saturated heterocycles. The fraction of sp³-hybridized carbons (Fsp3) is 0.200. The summed E-state index contributed by atoms with van der Waals surface area (Å²) in [5, 5.41) is 0.972. The third kappa shape index (κ3) is 3.71. The van der Waals surface area contributed by atoms with Crippen LogP contribution in [0, 0.1) is 0 Å². The number of hydrogen-bond acceptors (Lipinski definition) is 2. The predicted molar refractivity (Wildman–Crippen MR) is 95.8 cm³/mol. The summed E-state index contributed by atoms with van der Waals surface area (Å²) in [5.41, 5.74) is 2.67. The number of pyridine rings is 1. The number of benzene rings is 2. The van der Waals surface area contributed by atoms with Crippen molar-refractivity contribution < 1.29 is 4.79 Å². The second-order valence-electron chi connectivity index (χ2n) is 5.94. The highest BCUT2D eigenvalue weighted by atomic mass is 16.2. The van der Waals surface area contributed by atoms with Crippen molar-refractivity contribution in [3.8, 4) is 0 Å². The van der Waals surface area contributed by atoms with Crippen LogP contribution in [0.1, 0.15) is 17.5 Å². The monoisotopic (exact) mass is 320 g/mol. The molecular weight excluding hydrogens is 300 g/mol. The number of para-hydroxylation sites is 1. The number of aromatic nitrogens is 1. The van der Waals surface area contributed by atoms with Gasteiger partial charge in [0.1, 0.15) is 0 Å². The van der Waals surface area contributed by atoms with Gasteiger partial charge in [-0.05, 0) is 23.6 Å². The van der Waals surface area contributed by atoms with Crippen LogP contribution in [0.25, 0.3) is 10.9 Å². The van der Waals surface area contributed by atoms with Crippen LogP contribution >= 0.6 is 0 Å². The summed E-state index contributed by atoms with van der Waals surface area (Å²) in [6.07, 6.45) is 1.18. The lowest BCUT2D eigenvalue weighted by Crippen LogP contribution is -2.27. The summed E-state index contributed by atoms with van der Waals surface area (Å²) in [6.45, 7) is 0.429. The normalized spacial score (nSPS) is 10.7. The highest BCUT2D eigenvalue weighted by Crippen LogP contribution is 2.16. The van der Waals surface area contributed by atoms with E-state index in [1.165, 1.54) is 0 Å². The van der Waals surface area contributed by atoms with E-state index < -0.39 is 0 Å². The van der Waals surface area contributed by atoms with Gasteiger partial charge in [0.15, 0.2) is 0 Å². The first kappa shape index (κ1) is 16.0. The predicted octanol–water partition coefficient (Wildman–Crippen LogP) is 3.12. The lowest BCUT2D eigenvalue weighted by Gasteiger charge is -2.18. The van der Waals surface area contributed by atoms with Crippen molar-refractivity contribution in [2.24, 2.45) is 0 Å². The fourth-order valence-corrected chi connectivity index (χ4v) is 2.84. The summed E-state index contributed by atoms with van der Waals surface area (Å²) < 4.78 is 0. The number of carbonyl (C=O) groups is 1. The Hall–Kier alpha value is -2.88. The van der Waals surface area contributed by atoms with Gasteiger partial charge in [0.05, 0.1) is 0 Å². The van der Waals surface area contributed by atoms with Crippen molar-refractivity contribution in [2.45, 2.75) is 19.4 Å². The maximum Gasteiger partial charge on any atom is 0.248 e. The number of hydrogen-bond donors (Lipinski definition) is 1. The van der Waals surface area contributed by atoms with E-state index >= 15 is 0 Å². The molecule has 1 heterocycles. The molecule has 4 nitrogen and oxygen atoms in total. The molecule has 0 bridgehead atoms. The van der Waals surface area contributed by atoms with E-state index in [0.717, 1.165) is 28.5 Å². The molecule has 0 spiro atoms. The zero-order chi connectivity index (χ0) is 16.9. The standard InChI is InChI=1S/C20H20N2O2/c1-22(20(24)12-11-15-7-3-2-4-8-15)14-16-13-19(23)21-18-10-6-5-9-17(16)18/h2-10,13H,11-12,14H2,1H3,(H,21,23). The van der Waals surface area contributed by atoms with E-state index in [0.29, 0.717) is 13.0 Å². The van der Waals surface area contributed by atoms with E-state index in [2.05, 4.69) is 4.98 Å². The van der Waals surface area contributed by atoms with Crippen LogP contribution in [0.4, 0.5) is 0 Å². The first-order chi connectivity index (χ1) is 11.6. The Morgan fingerprint density at radius 3 is 2.54 bits per heavy atom. The minimum absolute atomic E-state index is 0.0724. The molecule has 1 N–H and O–H groups in total. The fourth-order valence-electron chi connectivity index (χ4n) is 2.84. The average molecular weight is 320 g/mol. The molecule has 1 aromatic heterocycles. The molecule has 4 heteroatoms. The zero-order valence-corrected chi connectivity index (χ0v) is 13.7. The first-order valence-electron chi connectivity index (χ1n) is 8.02. The summed E-state index contributed by atoms with van der Waals surface area (Å²) in [5.74, 6) is 0.0724. The Labute approximate surface area is 140 Å². The molecule has 1 amide bonds. The Balaban J connectivity index is 1.71. The van der Waals surface area contributed by atoms with Gasteiger partial charge >= 0.3 is 0 Å². The molecule has 0 atom stereocenters. The second kappa shape index (κ2) is 7.13. The quantitative estimate of drug-likeness (QED) is 0.785. The van der Waals surface area contributed by atoms with Gasteiger partial charge < -0.3 is 9.88 Å². The SMILES string of the molecule is CN(Cc1cc(=O)[nH]c2ccccc12)C(=O)CCc1ccccc1. The minimum atomic E-state index is -0.145. The number of amides is 1. The molecule has 122 valence electrons. The van der Waals surface area contributed by atoms with E-state index in [4.69, 9.17) is 0 Å². The topological polar surface area (TPSA) is 53.2 Å². The third-order valence-electron chi connectivity index (χ3n) is 4.14. The van der Waals surface area contributed by atoms with Crippen molar-refractivity contribution in [2.75, 3.05) is 7.05 Å². The van der Waals surface area contributed by atoms with Crippen LogP contribution in [0.2, 0.25) is 0 Å². The van der Waals surface area contributed by atoms with Gasteiger partial charge in [-0.3, -0.25) is 9.59 Å². The molecule has 0 aliphatic rings. The van der Waals surface area contributed by atoms with Gasteiger partial charge in [-0.15, -0.1) is 0 Å². The number of rotatable bonds is 5. The number of nitrogens with one attached hydrogen (secondary N) is 1. The molecule has 0 aliphatic carbocycles. The van der Waals surface area contributed by atoms with E-state index in [-0.39, 0.29) is 11.5 Å². The minimum Gasteiger partial charge on any atom is -0.341 e. The van der Waals surface area contributed by atoms with Crippen LogP contribution in [0.15, 0.2) is 65.5 Å². The van der Waals surface area contributed by atoms with Crippen molar-refractivity contribution >= 4 is 16.8 Å². The van der Waals surface area contributed by atoms with Crippen molar-refractivity contribution in [3.63, 3.8) is 0 Å². The summed E-state index contributed by atoms with van der Waals surface area (Å²) >= 11 is 0. The Kier molecular flexibility index (Phi) is 4.75. The number of carbonyl (C=O) groups excluding carboxylic acids is 1. The van der Waals surface area contributed by atoms with Crippen LogP contribution in [0.5, 0.6) is 0 Å². The molecule has 0 unspecified atom stereocenters. The van der Waals surface area contributed by atoms with E-state index in [9.17, 15) is 9.59 Å². The maximum atomic E-state index is 12.4. The first-order valence-corrected chi connectivity index (χ1v) is 8.02. The van der Waals surface area contributed by atoms with Gasteiger partial charge in [0.2, 0.25) is 11.5 Å². The molecule has 0 fully saturated rings. The van der Waals surface area contributed by atoms with Gasteiger partial charge in [0, 0.05) is 37.0 Å². The number of aryl methyl sites for hydroxylation is 1. The molecule has 2 aromatic carbocycles. The van der Waals surface area contributed by atoms with Crippen molar-refractivity contribution in [3.05, 3.63) is 82.1 Å². The Morgan fingerprint density at radius 1 is 1.04 bits per heavy atom. The summed E-state index contributed by atoms with van der Waals surface area (Å²) in [6, 6.07) is 19.2. The highest BCUT2D eigenvalue weighted by Gasteiger charge is 2.12. The van der Waals surface area contributed by atoms with Crippen molar-refractivity contribution in [1.82, 2.24) is 9.88 Å². The Bertz CT molecular complexity index is 900. The molecular formula is C20H20N2O2. The largest absolute Gasteiger partial charge is 0.341 e. The smallest absolute Gasteiger partial charge is 0.248 e.